The lowest BCUT2D eigenvalue weighted by atomic mass is 9.94. The SMILES string of the molecule is C=Cc1cncc(C2CNC2)c1. The van der Waals surface area contributed by atoms with Gasteiger partial charge in [-0.15, -0.1) is 0 Å². The number of nitrogens with zero attached hydrogens (tertiary/aromatic N) is 1. The Labute approximate surface area is 72.3 Å². The maximum atomic E-state index is 4.16. The zero-order valence-electron chi connectivity index (χ0n) is 6.96. The molecule has 0 unspecified atom stereocenters. The van der Waals surface area contributed by atoms with E-state index in [4.69, 9.17) is 0 Å². The van der Waals surface area contributed by atoms with Crippen LogP contribution in [-0.2, 0) is 0 Å². The smallest absolute Gasteiger partial charge is 0.0340 e. The number of hydrogen-bond acceptors (Lipinski definition) is 2. The van der Waals surface area contributed by atoms with Crippen LogP contribution in [-0.4, -0.2) is 18.1 Å². The van der Waals surface area contributed by atoms with Gasteiger partial charge < -0.3 is 5.32 Å². The zero-order valence-corrected chi connectivity index (χ0v) is 6.96. The lowest BCUT2D eigenvalue weighted by Crippen LogP contribution is -2.39. The van der Waals surface area contributed by atoms with Crippen LogP contribution in [0.15, 0.2) is 25.0 Å². The fourth-order valence-electron chi connectivity index (χ4n) is 1.34. The van der Waals surface area contributed by atoms with Crippen LogP contribution in [0.4, 0.5) is 0 Å². The van der Waals surface area contributed by atoms with E-state index in [9.17, 15) is 0 Å². The van der Waals surface area contributed by atoms with Crippen LogP contribution >= 0.6 is 0 Å². The van der Waals surface area contributed by atoms with Gasteiger partial charge in [-0.25, -0.2) is 0 Å². The molecule has 0 aliphatic carbocycles. The highest BCUT2D eigenvalue weighted by Crippen LogP contribution is 2.19. The Morgan fingerprint density at radius 3 is 2.92 bits per heavy atom. The third-order valence-corrected chi connectivity index (χ3v) is 2.27. The predicted octanol–water partition coefficient (Wildman–Crippen LogP) is 1.41. The van der Waals surface area contributed by atoms with E-state index in [1.807, 2.05) is 18.5 Å². The van der Waals surface area contributed by atoms with Gasteiger partial charge in [0.05, 0.1) is 0 Å². The molecule has 2 heteroatoms. The van der Waals surface area contributed by atoms with Gasteiger partial charge in [0.15, 0.2) is 0 Å². The summed E-state index contributed by atoms with van der Waals surface area (Å²) in [6.07, 6.45) is 5.61. The fourth-order valence-corrected chi connectivity index (χ4v) is 1.34. The van der Waals surface area contributed by atoms with Gasteiger partial charge in [-0.05, 0) is 17.2 Å². The fraction of sp³-hybridized carbons (Fsp3) is 0.300. The first-order valence-corrected chi connectivity index (χ1v) is 4.18. The number of hydrogen-bond donors (Lipinski definition) is 1. The van der Waals surface area contributed by atoms with E-state index in [0.717, 1.165) is 18.7 Å². The minimum absolute atomic E-state index is 0.664. The summed E-state index contributed by atoms with van der Waals surface area (Å²) in [4.78, 5) is 4.16. The normalized spacial score (nSPS) is 17.0. The number of nitrogens with one attached hydrogen (secondary N) is 1. The highest BCUT2D eigenvalue weighted by molar-refractivity contribution is 5.46. The van der Waals surface area contributed by atoms with Gasteiger partial charge in [0, 0.05) is 31.4 Å². The van der Waals surface area contributed by atoms with Crippen molar-refractivity contribution in [2.24, 2.45) is 0 Å². The van der Waals surface area contributed by atoms with E-state index >= 15 is 0 Å². The molecule has 1 N–H and O–H groups in total. The molecule has 0 aromatic carbocycles. The molecule has 1 saturated heterocycles. The van der Waals surface area contributed by atoms with Crippen molar-refractivity contribution in [3.8, 4) is 0 Å². The van der Waals surface area contributed by atoms with Gasteiger partial charge in [0.1, 0.15) is 0 Å². The molecular formula is C10H12N2. The Morgan fingerprint density at radius 1 is 1.50 bits per heavy atom. The van der Waals surface area contributed by atoms with E-state index in [2.05, 4.69) is 22.9 Å². The molecule has 0 bridgehead atoms. The minimum Gasteiger partial charge on any atom is -0.315 e. The van der Waals surface area contributed by atoms with E-state index in [-0.39, 0.29) is 0 Å². The van der Waals surface area contributed by atoms with Crippen LogP contribution < -0.4 is 5.32 Å². The molecule has 0 amide bonds. The molecule has 0 saturated carbocycles. The second-order valence-electron chi connectivity index (χ2n) is 3.11. The van der Waals surface area contributed by atoms with Gasteiger partial charge >= 0.3 is 0 Å². The Balaban J connectivity index is 2.25. The average Bonchev–Trinajstić information content (AvgIpc) is 2.02. The molecule has 1 fully saturated rings. The molecule has 1 aromatic heterocycles. The topological polar surface area (TPSA) is 24.9 Å². The number of pyridine rings is 1. The molecule has 12 heavy (non-hydrogen) atoms. The van der Waals surface area contributed by atoms with Gasteiger partial charge in [0.25, 0.3) is 0 Å². The average molecular weight is 160 g/mol. The molecule has 0 atom stereocenters. The van der Waals surface area contributed by atoms with Gasteiger partial charge in [-0.3, -0.25) is 4.98 Å². The second kappa shape index (κ2) is 3.07. The van der Waals surface area contributed by atoms with Crippen LogP contribution in [0.25, 0.3) is 6.08 Å². The van der Waals surface area contributed by atoms with Crippen molar-refractivity contribution in [3.63, 3.8) is 0 Å². The van der Waals surface area contributed by atoms with Crippen LogP contribution in [0.1, 0.15) is 17.0 Å². The molecule has 1 aromatic rings. The van der Waals surface area contributed by atoms with E-state index < -0.39 is 0 Å². The molecule has 62 valence electrons. The highest BCUT2D eigenvalue weighted by atomic mass is 14.9. The Hall–Kier alpha value is -1.15. The summed E-state index contributed by atoms with van der Waals surface area (Å²) in [6, 6.07) is 2.16. The summed E-state index contributed by atoms with van der Waals surface area (Å²) in [6.45, 7) is 5.89. The first kappa shape index (κ1) is 7.50. The summed E-state index contributed by atoms with van der Waals surface area (Å²) in [5.41, 5.74) is 2.44. The highest BCUT2D eigenvalue weighted by Gasteiger charge is 2.18. The Kier molecular flexibility index (Phi) is 1.92. The van der Waals surface area contributed by atoms with E-state index in [1.54, 1.807) is 0 Å². The third-order valence-electron chi connectivity index (χ3n) is 2.27. The standard InChI is InChI=1S/C10H12N2/c1-2-8-3-9(5-11-4-8)10-6-12-7-10/h2-5,10,12H,1,6-7H2. The van der Waals surface area contributed by atoms with Crippen molar-refractivity contribution in [1.82, 2.24) is 10.3 Å². The Morgan fingerprint density at radius 2 is 2.33 bits per heavy atom. The number of rotatable bonds is 2. The Bertz CT molecular complexity index is 290. The largest absolute Gasteiger partial charge is 0.315 e. The molecule has 2 rings (SSSR count). The summed E-state index contributed by atoms with van der Waals surface area (Å²) < 4.78 is 0. The lowest BCUT2D eigenvalue weighted by Gasteiger charge is -2.27. The van der Waals surface area contributed by atoms with Gasteiger partial charge in [0.2, 0.25) is 0 Å². The minimum atomic E-state index is 0.664. The van der Waals surface area contributed by atoms with Crippen molar-refractivity contribution in [2.75, 3.05) is 13.1 Å². The molecule has 2 heterocycles. The molecular weight excluding hydrogens is 148 g/mol. The van der Waals surface area contributed by atoms with E-state index in [0.29, 0.717) is 5.92 Å². The molecule has 0 spiro atoms. The maximum Gasteiger partial charge on any atom is 0.0340 e. The van der Waals surface area contributed by atoms with E-state index in [1.165, 1.54) is 5.56 Å². The molecule has 0 radical (unpaired) electrons. The van der Waals surface area contributed by atoms with Crippen LogP contribution in [0.5, 0.6) is 0 Å². The van der Waals surface area contributed by atoms with Crippen LogP contribution in [0, 0.1) is 0 Å². The third kappa shape index (κ3) is 1.25. The van der Waals surface area contributed by atoms with Crippen LogP contribution in [0.3, 0.4) is 0 Å². The van der Waals surface area contributed by atoms with Gasteiger partial charge in [-0.2, -0.15) is 0 Å². The summed E-state index contributed by atoms with van der Waals surface area (Å²) in [5.74, 6) is 0.664. The van der Waals surface area contributed by atoms with Crippen molar-refractivity contribution < 1.29 is 0 Å². The molecule has 2 nitrogen and oxygen atoms in total. The van der Waals surface area contributed by atoms with Crippen molar-refractivity contribution in [1.29, 1.82) is 0 Å². The second-order valence-corrected chi connectivity index (χ2v) is 3.11. The first-order valence-electron chi connectivity index (χ1n) is 4.18. The van der Waals surface area contributed by atoms with Crippen molar-refractivity contribution >= 4 is 6.08 Å². The van der Waals surface area contributed by atoms with Gasteiger partial charge in [-0.1, -0.05) is 12.7 Å². The first-order chi connectivity index (χ1) is 5.90. The van der Waals surface area contributed by atoms with Crippen LogP contribution in [0.2, 0.25) is 0 Å². The predicted molar refractivity (Wildman–Crippen MR) is 49.9 cm³/mol. The zero-order chi connectivity index (χ0) is 8.39. The van der Waals surface area contributed by atoms with Crippen molar-refractivity contribution in [2.45, 2.75) is 5.92 Å². The lowest BCUT2D eigenvalue weighted by molar-refractivity contribution is 0.447. The van der Waals surface area contributed by atoms with Crippen molar-refractivity contribution in [3.05, 3.63) is 36.2 Å². The summed E-state index contributed by atoms with van der Waals surface area (Å²) >= 11 is 0. The molecule has 1 aliphatic rings. The summed E-state index contributed by atoms with van der Waals surface area (Å²) in [7, 11) is 0. The molecule has 1 aliphatic heterocycles. The number of aromatic nitrogens is 1. The monoisotopic (exact) mass is 160 g/mol. The quantitative estimate of drug-likeness (QED) is 0.707. The summed E-state index contributed by atoms with van der Waals surface area (Å²) in [5, 5.41) is 3.24. The maximum absolute atomic E-state index is 4.16.